The largest absolute Gasteiger partial charge is 0.481 e. The van der Waals surface area contributed by atoms with E-state index in [1.807, 2.05) is 30.3 Å². The molecule has 0 aliphatic heterocycles. The van der Waals surface area contributed by atoms with Gasteiger partial charge in [0.15, 0.2) is 0 Å². The van der Waals surface area contributed by atoms with Crippen molar-refractivity contribution in [2.45, 2.75) is 38.8 Å². The van der Waals surface area contributed by atoms with Crippen LogP contribution in [0, 0.1) is 5.41 Å². The number of carbonyl (C=O) groups excluding carboxylic acids is 1. The van der Waals surface area contributed by atoms with Crippen molar-refractivity contribution in [2.24, 2.45) is 11.1 Å². The Morgan fingerprint density at radius 3 is 2.42 bits per heavy atom. The van der Waals surface area contributed by atoms with Crippen molar-refractivity contribution in [1.29, 1.82) is 0 Å². The van der Waals surface area contributed by atoms with E-state index in [0.717, 1.165) is 5.56 Å². The van der Waals surface area contributed by atoms with Crippen molar-refractivity contribution in [3.05, 3.63) is 54.1 Å². The first-order chi connectivity index (χ1) is 11.2. The molecule has 1 aliphatic carbocycles. The van der Waals surface area contributed by atoms with E-state index in [-0.39, 0.29) is 6.42 Å². The van der Waals surface area contributed by atoms with Crippen LogP contribution in [0.15, 0.2) is 48.6 Å². The second-order valence-electron chi connectivity index (χ2n) is 6.87. The molecule has 1 aliphatic rings. The fourth-order valence-electron chi connectivity index (χ4n) is 2.84. The minimum Gasteiger partial charge on any atom is -0.481 e. The Morgan fingerprint density at radius 1 is 1.25 bits per heavy atom. The van der Waals surface area contributed by atoms with Gasteiger partial charge in [0.05, 0.1) is 0 Å². The Balaban J connectivity index is 2.50. The lowest BCUT2D eigenvalue weighted by Crippen LogP contribution is -2.54. The van der Waals surface area contributed by atoms with E-state index >= 15 is 0 Å². The molecule has 1 aromatic carbocycles. The van der Waals surface area contributed by atoms with Gasteiger partial charge in [0.1, 0.15) is 17.1 Å². The predicted molar refractivity (Wildman–Crippen MR) is 92.1 cm³/mol. The highest BCUT2D eigenvalue weighted by Gasteiger charge is 2.52. The zero-order chi connectivity index (χ0) is 18.0. The molecule has 1 aromatic rings. The molecule has 2 unspecified atom stereocenters. The van der Waals surface area contributed by atoms with E-state index in [0.29, 0.717) is 5.57 Å². The molecule has 0 saturated carbocycles. The quantitative estimate of drug-likeness (QED) is 0.829. The Morgan fingerprint density at radius 2 is 1.88 bits per heavy atom. The van der Waals surface area contributed by atoms with E-state index in [4.69, 9.17) is 10.5 Å². The highest BCUT2D eigenvalue weighted by Crippen LogP contribution is 2.44. The lowest BCUT2D eigenvalue weighted by atomic mass is 9.67. The first-order valence-electron chi connectivity index (χ1n) is 7.83. The summed E-state index contributed by atoms with van der Waals surface area (Å²) in [7, 11) is 0. The molecule has 0 aromatic heterocycles. The van der Waals surface area contributed by atoms with Gasteiger partial charge in [-0.1, -0.05) is 48.6 Å². The maximum Gasteiger partial charge on any atom is 0.324 e. The molecule has 5 heteroatoms. The summed E-state index contributed by atoms with van der Waals surface area (Å²) in [6, 6.07) is 7.79. The summed E-state index contributed by atoms with van der Waals surface area (Å²) in [6.07, 6.45) is 5.33. The third-order valence-electron chi connectivity index (χ3n) is 3.98. The van der Waals surface area contributed by atoms with Gasteiger partial charge in [0.2, 0.25) is 0 Å². The minimum absolute atomic E-state index is 0.128. The molecule has 2 atom stereocenters. The maximum absolute atomic E-state index is 12.5. The van der Waals surface area contributed by atoms with Gasteiger partial charge in [0, 0.05) is 0 Å². The highest BCUT2D eigenvalue weighted by molar-refractivity contribution is 5.99. The van der Waals surface area contributed by atoms with Gasteiger partial charge in [-0.15, -0.1) is 0 Å². The fourth-order valence-corrected chi connectivity index (χ4v) is 2.84. The number of benzene rings is 1. The number of rotatable bonds is 4. The maximum atomic E-state index is 12.5. The van der Waals surface area contributed by atoms with E-state index in [9.17, 15) is 14.7 Å². The first kappa shape index (κ1) is 17.9. The topological polar surface area (TPSA) is 89.6 Å². The second-order valence-corrected chi connectivity index (χ2v) is 6.87. The molecule has 0 spiro atoms. The van der Waals surface area contributed by atoms with Gasteiger partial charge in [-0.05, 0) is 38.3 Å². The molecule has 128 valence electrons. The normalized spacial score (nSPS) is 21.8. The third kappa shape index (κ3) is 3.41. The molecule has 5 nitrogen and oxygen atoms in total. The average Bonchev–Trinajstić information content (AvgIpc) is 2.53. The van der Waals surface area contributed by atoms with Gasteiger partial charge >= 0.3 is 11.9 Å². The molecule has 2 rings (SSSR count). The van der Waals surface area contributed by atoms with Crippen molar-refractivity contribution in [1.82, 2.24) is 0 Å². The summed E-state index contributed by atoms with van der Waals surface area (Å²) in [5.74, 6) is -1.86. The molecule has 0 heterocycles. The van der Waals surface area contributed by atoms with Gasteiger partial charge in [-0.3, -0.25) is 9.59 Å². The smallest absolute Gasteiger partial charge is 0.324 e. The Kier molecular flexibility index (Phi) is 4.94. The van der Waals surface area contributed by atoms with Crippen LogP contribution in [0.5, 0.6) is 0 Å². The average molecular weight is 329 g/mol. The number of ether oxygens (including phenoxy) is 1. The molecule has 0 fully saturated rings. The lowest BCUT2D eigenvalue weighted by molar-refractivity contribution is -0.164. The van der Waals surface area contributed by atoms with Crippen molar-refractivity contribution >= 4 is 17.5 Å². The summed E-state index contributed by atoms with van der Waals surface area (Å²) in [4.78, 5) is 24.7. The van der Waals surface area contributed by atoms with Gasteiger partial charge in [-0.25, -0.2) is 0 Å². The number of allylic oxidation sites excluding steroid dienone is 3. The standard InChI is InChI=1S/C19H23NO4/c1-18(2,3)24-16(21)15(20)19(17(22)23)12-8-7-11-14(19)13-9-5-4-6-10-13/h4-11,15H,12,20H2,1-3H3,(H,22,23). The van der Waals surface area contributed by atoms with E-state index in [1.54, 1.807) is 39.0 Å². The number of aliphatic carboxylic acids is 1. The zero-order valence-corrected chi connectivity index (χ0v) is 14.2. The minimum atomic E-state index is -1.56. The number of hydrogen-bond donors (Lipinski definition) is 2. The van der Waals surface area contributed by atoms with Crippen LogP contribution in [0.4, 0.5) is 0 Å². The number of esters is 1. The van der Waals surface area contributed by atoms with Crippen molar-refractivity contribution in [2.75, 3.05) is 0 Å². The molecular formula is C19H23NO4. The van der Waals surface area contributed by atoms with Crippen LogP contribution in [-0.2, 0) is 14.3 Å². The fraction of sp³-hybridized carbons (Fsp3) is 0.368. The van der Waals surface area contributed by atoms with Crippen LogP contribution in [-0.4, -0.2) is 28.7 Å². The van der Waals surface area contributed by atoms with Crippen molar-refractivity contribution < 1.29 is 19.4 Å². The molecule has 0 amide bonds. The number of carboxylic acids is 1. The SMILES string of the molecule is CC(C)(C)OC(=O)C(N)C1(C(=O)O)CC=CC=C1c1ccccc1. The third-order valence-corrected chi connectivity index (χ3v) is 3.98. The summed E-state index contributed by atoms with van der Waals surface area (Å²) >= 11 is 0. The number of carbonyl (C=O) groups is 2. The predicted octanol–water partition coefficient (Wildman–Crippen LogP) is 2.77. The lowest BCUT2D eigenvalue weighted by Gasteiger charge is -2.38. The Bertz CT molecular complexity index is 685. The van der Waals surface area contributed by atoms with Gasteiger partial charge in [-0.2, -0.15) is 0 Å². The van der Waals surface area contributed by atoms with Crippen molar-refractivity contribution in [3.63, 3.8) is 0 Å². The Labute approximate surface area is 141 Å². The molecule has 0 bridgehead atoms. The summed E-state index contributed by atoms with van der Waals surface area (Å²) in [6.45, 7) is 5.17. The molecule has 0 radical (unpaired) electrons. The van der Waals surface area contributed by atoms with Crippen LogP contribution < -0.4 is 5.73 Å². The van der Waals surface area contributed by atoms with Gasteiger partial charge < -0.3 is 15.6 Å². The second kappa shape index (κ2) is 6.61. The molecule has 24 heavy (non-hydrogen) atoms. The summed E-state index contributed by atoms with van der Waals surface area (Å²) in [5, 5.41) is 9.98. The van der Waals surface area contributed by atoms with Crippen LogP contribution in [0.25, 0.3) is 5.57 Å². The van der Waals surface area contributed by atoms with Crippen LogP contribution in [0.3, 0.4) is 0 Å². The van der Waals surface area contributed by atoms with Crippen LogP contribution in [0.2, 0.25) is 0 Å². The number of carboxylic acid groups (broad SMARTS) is 1. The van der Waals surface area contributed by atoms with Crippen LogP contribution in [0.1, 0.15) is 32.8 Å². The highest BCUT2D eigenvalue weighted by atomic mass is 16.6. The Hall–Kier alpha value is -2.40. The van der Waals surface area contributed by atoms with E-state index in [2.05, 4.69) is 0 Å². The molecular weight excluding hydrogens is 306 g/mol. The van der Waals surface area contributed by atoms with Crippen LogP contribution >= 0.6 is 0 Å². The molecule has 0 saturated heterocycles. The van der Waals surface area contributed by atoms with E-state index < -0.39 is 29.0 Å². The van der Waals surface area contributed by atoms with E-state index in [1.165, 1.54) is 0 Å². The van der Waals surface area contributed by atoms with Gasteiger partial charge in [0.25, 0.3) is 0 Å². The summed E-state index contributed by atoms with van der Waals surface area (Å²) in [5.41, 5.74) is 5.07. The molecule has 3 N–H and O–H groups in total. The van der Waals surface area contributed by atoms with Crippen molar-refractivity contribution in [3.8, 4) is 0 Å². The zero-order valence-electron chi connectivity index (χ0n) is 14.2. The number of nitrogens with two attached hydrogens (primary N) is 1. The number of hydrogen-bond acceptors (Lipinski definition) is 4. The monoisotopic (exact) mass is 329 g/mol. The first-order valence-corrected chi connectivity index (χ1v) is 7.83. The summed E-state index contributed by atoms with van der Waals surface area (Å²) < 4.78 is 5.33.